The summed E-state index contributed by atoms with van der Waals surface area (Å²) in [4.78, 5) is 11.4. The maximum absolute atomic E-state index is 11.4. The molecule has 0 aromatic rings. The van der Waals surface area contributed by atoms with Crippen LogP contribution in [0, 0.1) is 5.41 Å². The van der Waals surface area contributed by atoms with Gasteiger partial charge >= 0.3 is 0 Å². The highest BCUT2D eigenvalue weighted by Crippen LogP contribution is 2.17. The topological polar surface area (TPSA) is 58.6 Å². The van der Waals surface area contributed by atoms with Crippen molar-refractivity contribution in [1.29, 1.82) is 0 Å². The molecule has 0 unspecified atom stereocenters. The average molecular weight is 249 g/mol. The maximum atomic E-state index is 11.4. The van der Waals surface area contributed by atoms with Gasteiger partial charge in [0.05, 0.1) is 12.4 Å². The van der Waals surface area contributed by atoms with Gasteiger partial charge in [0.25, 0.3) is 0 Å². The number of nitrogens with one attached hydrogen (secondary N) is 1. The van der Waals surface area contributed by atoms with Crippen LogP contribution in [0.15, 0.2) is 0 Å². The molecule has 0 atom stereocenters. The predicted molar refractivity (Wildman–Crippen MR) is 67.7 cm³/mol. The van der Waals surface area contributed by atoms with Crippen LogP contribution in [0.4, 0.5) is 0 Å². The molecule has 4 nitrogen and oxygen atoms in total. The van der Waals surface area contributed by atoms with Gasteiger partial charge in [-0.15, -0.1) is 11.8 Å². The molecule has 0 saturated carbocycles. The first-order chi connectivity index (χ1) is 7.52. The molecule has 1 amide bonds. The van der Waals surface area contributed by atoms with Gasteiger partial charge in [0.1, 0.15) is 0 Å². The standard InChI is InChI=1S/C11H23NO3S/c1-11(2,4-5-13)9-12-10(14)8-16-7-6-15-3/h13H,4-9H2,1-3H3,(H,12,14). The lowest BCUT2D eigenvalue weighted by molar-refractivity contribution is -0.119. The fourth-order valence-electron chi connectivity index (χ4n) is 1.09. The molecule has 96 valence electrons. The van der Waals surface area contributed by atoms with Gasteiger partial charge in [-0.05, 0) is 11.8 Å². The van der Waals surface area contributed by atoms with Crippen LogP contribution in [-0.2, 0) is 9.53 Å². The Morgan fingerprint density at radius 1 is 1.50 bits per heavy atom. The first-order valence-corrected chi connectivity index (χ1v) is 6.61. The molecule has 0 radical (unpaired) electrons. The van der Waals surface area contributed by atoms with Crippen LogP contribution in [0.5, 0.6) is 0 Å². The lowest BCUT2D eigenvalue weighted by atomic mass is 9.90. The van der Waals surface area contributed by atoms with Gasteiger partial charge in [0.2, 0.25) is 5.91 Å². The molecule has 16 heavy (non-hydrogen) atoms. The molecular weight excluding hydrogens is 226 g/mol. The molecule has 0 aromatic heterocycles. The third-order valence-electron chi connectivity index (χ3n) is 2.22. The van der Waals surface area contributed by atoms with E-state index >= 15 is 0 Å². The maximum Gasteiger partial charge on any atom is 0.230 e. The van der Waals surface area contributed by atoms with Gasteiger partial charge in [0, 0.05) is 26.0 Å². The number of hydrogen-bond donors (Lipinski definition) is 2. The Hall–Kier alpha value is -0.260. The van der Waals surface area contributed by atoms with Crippen molar-refractivity contribution in [2.24, 2.45) is 5.41 Å². The Bertz CT molecular complexity index is 198. The zero-order valence-corrected chi connectivity index (χ0v) is 11.2. The lowest BCUT2D eigenvalue weighted by Gasteiger charge is -2.23. The summed E-state index contributed by atoms with van der Waals surface area (Å²) in [5, 5.41) is 11.7. The molecule has 0 heterocycles. The molecule has 0 aliphatic carbocycles. The number of carbonyl (C=O) groups excluding carboxylic acids is 1. The number of amides is 1. The summed E-state index contributed by atoms with van der Waals surface area (Å²) in [6.45, 7) is 5.50. The highest BCUT2D eigenvalue weighted by atomic mass is 32.2. The average Bonchev–Trinajstić information content (AvgIpc) is 2.22. The van der Waals surface area contributed by atoms with E-state index in [0.717, 1.165) is 5.75 Å². The number of ether oxygens (including phenoxy) is 1. The Kier molecular flexibility index (Phi) is 8.70. The highest BCUT2D eigenvalue weighted by Gasteiger charge is 2.17. The van der Waals surface area contributed by atoms with Crippen LogP contribution in [-0.4, -0.2) is 49.4 Å². The Morgan fingerprint density at radius 2 is 2.19 bits per heavy atom. The molecule has 5 heteroatoms. The van der Waals surface area contributed by atoms with Gasteiger partial charge < -0.3 is 15.2 Å². The minimum atomic E-state index is -0.0401. The fraction of sp³-hybridized carbons (Fsp3) is 0.909. The normalized spacial score (nSPS) is 11.5. The first kappa shape index (κ1) is 15.7. The first-order valence-electron chi connectivity index (χ1n) is 5.46. The van der Waals surface area contributed by atoms with E-state index in [1.54, 1.807) is 18.9 Å². The molecule has 0 saturated heterocycles. The van der Waals surface area contributed by atoms with Gasteiger partial charge in [0.15, 0.2) is 0 Å². The molecule has 0 aliphatic heterocycles. The summed E-state index contributed by atoms with van der Waals surface area (Å²) in [6.07, 6.45) is 0.699. The molecule has 0 fully saturated rings. The summed E-state index contributed by atoms with van der Waals surface area (Å²) in [5.41, 5.74) is -0.0401. The van der Waals surface area contributed by atoms with Crippen molar-refractivity contribution in [3.8, 4) is 0 Å². The second-order valence-electron chi connectivity index (χ2n) is 4.46. The molecule has 0 aliphatic rings. The third kappa shape index (κ3) is 9.00. The minimum Gasteiger partial charge on any atom is -0.396 e. The summed E-state index contributed by atoms with van der Waals surface area (Å²) in [6, 6.07) is 0. The molecule has 2 N–H and O–H groups in total. The summed E-state index contributed by atoms with van der Waals surface area (Å²) < 4.78 is 4.89. The number of aliphatic hydroxyl groups excluding tert-OH is 1. The molecule has 0 rings (SSSR count). The number of methoxy groups -OCH3 is 1. The highest BCUT2D eigenvalue weighted by molar-refractivity contribution is 7.99. The van der Waals surface area contributed by atoms with Gasteiger partial charge in [-0.3, -0.25) is 4.79 Å². The largest absolute Gasteiger partial charge is 0.396 e. The zero-order chi connectivity index (χ0) is 12.4. The number of aliphatic hydroxyl groups is 1. The summed E-state index contributed by atoms with van der Waals surface area (Å²) in [7, 11) is 1.65. The Morgan fingerprint density at radius 3 is 2.75 bits per heavy atom. The SMILES string of the molecule is COCCSCC(=O)NCC(C)(C)CCO. The second-order valence-corrected chi connectivity index (χ2v) is 5.57. The summed E-state index contributed by atoms with van der Waals surface area (Å²) in [5.74, 6) is 1.36. The Labute approximate surface area is 102 Å². The van der Waals surface area contributed by atoms with Crippen LogP contribution >= 0.6 is 11.8 Å². The van der Waals surface area contributed by atoms with E-state index in [1.165, 1.54) is 0 Å². The van der Waals surface area contributed by atoms with Crippen LogP contribution in [0.2, 0.25) is 0 Å². The molecule has 0 aromatic carbocycles. The van der Waals surface area contributed by atoms with E-state index in [2.05, 4.69) is 5.32 Å². The smallest absolute Gasteiger partial charge is 0.230 e. The van der Waals surface area contributed by atoms with Crippen molar-refractivity contribution in [2.45, 2.75) is 20.3 Å². The van der Waals surface area contributed by atoms with Gasteiger partial charge in [-0.25, -0.2) is 0 Å². The van der Waals surface area contributed by atoms with Crippen molar-refractivity contribution in [2.75, 3.05) is 38.4 Å². The van der Waals surface area contributed by atoms with E-state index in [1.807, 2.05) is 13.8 Å². The van der Waals surface area contributed by atoms with Gasteiger partial charge in [-0.2, -0.15) is 0 Å². The summed E-state index contributed by atoms with van der Waals surface area (Å²) >= 11 is 1.56. The van der Waals surface area contributed by atoms with E-state index in [9.17, 15) is 4.79 Å². The van der Waals surface area contributed by atoms with E-state index in [0.29, 0.717) is 25.3 Å². The van der Waals surface area contributed by atoms with Crippen molar-refractivity contribution < 1.29 is 14.6 Å². The van der Waals surface area contributed by atoms with Crippen molar-refractivity contribution in [3.63, 3.8) is 0 Å². The molecule has 0 spiro atoms. The fourth-order valence-corrected chi connectivity index (χ4v) is 1.80. The molecule has 0 bridgehead atoms. The van der Waals surface area contributed by atoms with E-state index < -0.39 is 0 Å². The minimum absolute atomic E-state index is 0.0401. The van der Waals surface area contributed by atoms with E-state index in [-0.39, 0.29) is 17.9 Å². The van der Waals surface area contributed by atoms with Crippen LogP contribution in [0.3, 0.4) is 0 Å². The van der Waals surface area contributed by atoms with Crippen molar-refractivity contribution in [1.82, 2.24) is 5.32 Å². The number of rotatable bonds is 9. The number of thioether (sulfide) groups is 1. The van der Waals surface area contributed by atoms with Crippen LogP contribution in [0.25, 0.3) is 0 Å². The second kappa shape index (κ2) is 8.84. The van der Waals surface area contributed by atoms with Crippen LogP contribution < -0.4 is 5.32 Å². The third-order valence-corrected chi connectivity index (χ3v) is 3.14. The predicted octanol–water partition coefficient (Wildman–Crippen LogP) is 0.891. The molecular formula is C11H23NO3S. The van der Waals surface area contributed by atoms with Crippen molar-refractivity contribution in [3.05, 3.63) is 0 Å². The monoisotopic (exact) mass is 249 g/mol. The van der Waals surface area contributed by atoms with Crippen molar-refractivity contribution >= 4 is 17.7 Å². The number of carbonyl (C=O) groups is 1. The quantitative estimate of drug-likeness (QED) is 0.596. The van der Waals surface area contributed by atoms with Gasteiger partial charge in [-0.1, -0.05) is 13.8 Å². The Balaban J connectivity index is 3.56. The lowest BCUT2D eigenvalue weighted by Crippen LogP contribution is -2.35. The van der Waals surface area contributed by atoms with Crippen LogP contribution in [0.1, 0.15) is 20.3 Å². The zero-order valence-electron chi connectivity index (χ0n) is 10.4. The van der Waals surface area contributed by atoms with E-state index in [4.69, 9.17) is 9.84 Å². The number of hydrogen-bond acceptors (Lipinski definition) is 4.